The zero-order valence-corrected chi connectivity index (χ0v) is 22.7. The minimum Gasteiger partial charge on any atom is -0.338 e. The Labute approximate surface area is 218 Å². The Morgan fingerprint density at radius 2 is 1.72 bits per heavy atom. The summed E-state index contributed by atoms with van der Waals surface area (Å²) in [6.07, 6.45) is 1.32. The molecule has 3 aromatic rings. The zero-order chi connectivity index (χ0) is 26.1. The fraction of sp³-hybridized carbons (Fsp3) is 0.409. The van der Waals surface area contributed by atoms with Crippen LogP contribution in [0, 0.1) is 16.3 Å². The summed E-state index contributed by atoms with van der Waals surface area (Å²) in [5, 5.41) is 2.99. The number of aryl methyl sites for hydroxylation is 1. The van der Waals surface area contributed by atoms with Crippen LogP contribution in [0.5, 0.6) is 0 Å². The van der Waals surface area contributed by atoms with Gasteiger partial charge in [-0.05, 0) is 60.6 Å². The number of rotatable bonds is 6. The quantitative estimate of drug-likeness (QED) is 0.396. The predicted octanol–water partition coefficient (Wildman–Crippen LogP) is 1.31. The van der Waals surface area contributed by atoms with Gasteiger partial charge in [0.2, 0.25) is 0 Å². The Morgan fingerprint density at radius 1 is 1.06 bits per heavy atom. The van der Waals surface area contributed by atoms with Crippen molar-refractivity contribution in [1.82, 2.24) is 22.7 Å². The molecule has 1 saturated heterocycles. The van der Waals surface area contributed by atoms with E-state index in [4.69, 9.17) is 0 Å². The Hall–Kier alpha value is -2.56. The summed E-state index contributed by atoms with van der Waals surface area (Å²) in [5.74, 6) is -0.501. The number of hydrogen-bond acceptors (Lipinski definition) is 6. The van der Waals surface area contributed by atoms with Crippen molar-refractivity contribution in [2.75, 3.05) is 25.5 Å². The number of anilines is 2. The van der Waals surface area contributed by atoms with Gasteiger partial charge in [-0.2, -0.15) is 12.7 Å². The van der Waals surface area contributed by atoms with E-state index in [2.05, 4.69) is 10.0 Å². The van der Waals surface area contributed by atoms with E-state index in [0.29, 0.717) is 16.4 Å². The van der Waals surface area contributed by atoms with Gasteiger partial charge in [0.25, 0.3) is 21.3 Å². The van der Waals surface area contributed by atoms with E-state index in [0.717, 1.165) is 0 Å². The van der Waals surface area contributed by atoms with Gasteiger partial charge in [-0.15, -0.1) is 0 Å². The van der Waals surface area contributed by atoms with Crippen LogP contribution in [0.3, 0.4) is 0 Å². The number of pyridine rings is 1. The van der Waals surface area contributed by atoms with Crippen LogP contribution in [0.2, 0.25) is 0 Å². The third-order valence-electron chi connectivity index (χ3n) is 6.76. The van der Waals surface area contributed by atoms with E-state index in [1.807, 2.05) is 22.6 Å². The van der Waals surface area contributed by atoms with Crippen LogP contribution in [0.15, 0.2) is 32.6 Å². The lowest BCUT2D eigenvalue weighted by Gasteiger charge is -2.39. The van der Waals surface area contributed by atoms with Crippen LogP contribution in [-0.4, -0.2) is 46.6 Å². The highest BCUT2D eigenvalue weighted by Crippen LogP contribution is 2.35. The lowest BCUT2D eigenvalue weighted by atomic mass is 10.1. The van der Waals surface area contributed by atoms with Crippen molar-refractivity contribution in [2.45, 2.75) is 31.8 Å². The molecule has 0 bridgehead atoms. The first-order valence-corrected chi connectivity index (χ1v) is 13.8. The Kier molecular flexibility index (Phi) is 6.12. The summed E-state index contributed by atoms with van der Waals surface area (Å²) >= 11 is 1.98. The predicted molar refractivity (Wildman–Crippen MR) is 142 cm³/mol. The van der Waals surface area contributed by atoms with E-state index in [1.165, 1.54) is 51.2 Å². The van der Waals surface area contributed by atoms with Crippen molar-refractivity contribution in [3.05, 3.63) is 64.3 Å². The molecule has 1 aromatic carbocycles. The lowest BCUT2D eigenvalue weighted by Crippen LogP contribution is -2.57. The molecule has 0 radical (unpaired) electrons. The van der Waals surface area contributed by atoms with Crippen molar-refractivity contribution >= 4 is 55.2 Å². The summed E-state index contributed by atoms with van der Waals surface area (Å²) in [6.45, 7) is 1.53. The van der Waals surface area contributed by atoms with Crippen molar-refractivity contribution in [1.29, 1.82) is 0 Å². The van der Waals surface area contributed by atoms with Gasteiger partial charge < -0.3 is 5.32 Å². The molecule has 5 rings (SSSR count). The molecule has 1 aliphatic heterocycles. The number of benzene rings is 1. The normalized spacial score (nSPS) is 16.9. The van der Waals surface area contributed by atoms with E-state index in [-0.39, 0.29) is 47.1 Å². The second-order valence-corrected chi connectivity index (χ2v) is 12.2. The van der Waals surface area contributed by atoms with Crippen molar-refractivity contribution in [2.24, 2.45) is 7.05 Å². The van der Waals surface area contributed by atoms with Crippen molar-refractivity contribution < 1.29 is 12.8 Å². The standard InChI is InChI=1S/C22H24FIN6O5S/c1-11-18-17(19(27(3)20(11)31)26-16-7-4-12(24)8-15(16)23)21(32)30(13-5-6-13)22(33)29(18)14-9-28(10-14)36(34,35)25-2/h4,7-8,13-14,25-26H,5-6,9-10H2,1-3H3. The van der Waals surface area contributed by atoms with Crippen molar-refractivity contribution in [3.8, 4) is 0 Å². The van der Waals surface area contributed by atoms with Gasteiger partial charge in [0, 0.05) is 42.4 Å². The van der Waals surface area contributed by atoms with Gasteiger partial charge in [-0.1, -0.05) is 0 Å². The third kappa shape index (κ3) is 3.90. The van der Waals surface area contributed by atoms with E-state index >= 15 is 0 Å². The topological polar surface area (TPSA) is 127 Å². The van der Waals surface area contributed by atoms with Gasteiger partial charge in [0.15, 0.2) is 0 Å². The Bertz CT molecular complexity index is 1700. The molecule has 0 spiro atoms. The van der Waals surface area contributed by atoms with Crippen LogP contribution in [0.4, 0.5) is 15.9 Å². The molecule has 2 aromatic heterocycles. The highest BCUT2D eigenvalue weighted by atomic mass is 127. The molecule has 1 saturated carbocycles. The first-order chi connectivity index (χ1) is 17.0. The molecular weight excluding hydrogens is 606 g/mol. The molecule has 0 unspecified atom stereocenters. The summed E-state index contributed by atoms with van der Waals surface area (Å²) in [5.41, 5.74) is -1.24. The number of nitrogens with zero attached hydrogens (tertiary/aromatic N) is 4. The molecule has 14 heteroatoms. The SMILES string of the molecule is CNS(=O)(=O)N1CC(n2c(=O)n(C3CC3)c(=O)c3c(Nc4ccc(I)cc4F)n(C)c(=O)c(C)c32)C1. The van der Waals surface area contributed by atoms with Gasteiger partial charge in [0.05, 0.1) is 17.2 Å². The molecule has 2 aliphatic rings. The monoisotopic (exact) mass is 630 g/mol. The maximum atomic E-state index is 14.7. The molecule has 192 valence electrons. The average Bonchev–Trinajstić information content (AvgIpc) is 3.62. The molecule has 0 atom stereocenters. The van der Waals surface area contributed by atoms with Gasteiger partial charge in [-0.25, -0.2) is 13.9 Å². The molecule has 1 aliphatic carbocycles. The number of nitrogens with one attached hydrogen (secondary N) is 2. The summed E-state index contributed by atoms with van der Waals surface area (Å²) < 4.78 is 47.0. The van der Waals surface area contributed by atoms with Gasteiger partial charge in [0.1, 0.15) is 17.0 Å². The van der Waals surface area contributed by atoms with Crippen molar-refractivity contribution in [3.63, 3.8) is 0 Å². The Morgan fingerprint density at radius 3 is 2.31 bits per heavy atom. The van der Waals surface area contributed by atoms with Gasteiger partial charge >= 0.3 is 5.69 Å². The highest BCUT2D eigenvalue weighted by Gasteiger charge is 2.40. The molecule has 0 amide bonds. The molecular formula is C22H24FIN6O5S. The second kappa shape index (κ2) is 8.78. The van der Waals surface area contributed by atoms with Crippen LogP contribution in [0.1, 0.15) is 30.5 Å². The maximum absolute atomic E-state index is 14.7. The van der Waals surface area contributed by atoms with Crippen LogP contribution in [-0.2, 0) is 17.3 Å². The van der Waals surface area contributed by atoms with Crippen LogP contribution in [0.25, 0.3) is 10.9 Å². The molecule has 3 heterocycles. The summed E-state index contributed by atoms with van der Waals surface area (Å²) in [6, 6.07) is 3.65. The van der Waals surface area contributed by atoms with E-state index < -0.39 is 38.9 Å². The largest absolute Gasteiger partial charge is 0.338 e. The summed E-state index contributed by atoms with van der Waals surface area (Å²) in [7, 11) is -0.921. The first-order valence-electron chi connectivity index (χ1n) is 11.3. The fourth-order valence-electron chi connectivity index (χ4n) is 4.61. The highest BCUT2D eigenvalue weighted by molar-refractivity contribution is 14.1. The number of fused-ring (bicyclic) bond motifs is 1. The molecule has 11 nitrogen and oxygen atoms in total. The lowest BCUT2D eigenvalue weighted by molar-refractivity contribution is 0.199. The van der Waals surface area contributed by atoms with Crippen LogP contribution < -0.4 is 26.8 Å². The average molecular weight is 630 g/mol. The second-order valence-electron chi connectivity index (χ2n) is 9.05. The fourth-order valence-corrected chi connectivity index (χ4v) is 6.06. The minimum atomic E-state index is -3.69. The number of hydrogen-bond donors (Lipinski definition) is 2. The molecule has 2 fully saturated rings. The smallest absolute Gasteiger partial charge is 0.332 e. The van der Waals surface area contributed by atoms with E-state index in [1.54, 1.807) is 6.07 Å². The Balaban J connectivity index is 1.80. The minimum absolute atomic E-state index is 0.00418. The number of aromatic nitrogens is 3. The zero-order valence-electron chi connectivity index (χ0n) is 19.7. The third-order valence-corrected chi connectivity index (χ3v) is 8.93. The van der Waals surface area contributed by atoms with E-state index in [9.17, 15) is 27.2 Å². The summed E-state index contributed by atoms with van der Waals surface area (Å²) in [4.78, 5) is 40.6. The van der Waals surface area contributed by atoms with Crippen LogP contribution >= 0.6 is 22.6 Å². The first kappa shape index (κ1) is 25.1. The number of halogens is 2. The molecule has 2 N–H and O–H groups in total. The molecule has 36 heavy (non-hydrogen) atoms. The van der Waals surface area contributed by atoms with Gasteiger partial charge in [-0.3, -0.25) is 23.3 Å². The maximum Gasteiger partial charge on any atom is 0.332 e.